The summed E-state index contributed by atoms with van der Waals surface area (Å²) in [5, 5.41) is 0. The van der Waals surface area contributed by atoms with Crippen LogP contribution in [-0.2, 0) is 14.3 Å². The second-order valence-electron chi connectivity index (χ2n) is 9.06. The van der Waals surface area contributed by atoms with Gasteiger partial charge in [0.15, 0.2) is 0 Å². The predicted molar refractivity (Wildman–Crippen MR) is 128 cm³/mol. The molecule has 0 bridgehead atoms. The topological polar surface area (TPSA) is 43.4 Å². The van der Waals surface area contributed by atoms with Gasteiger partial charge in [0.05, 0.1) is 12.9 Å². The Hall–Kier alpha value is -0.0900. The van der Waals surface area contributed by atoms with E-state index < -0.39 is 10.1 Å². The first-order valence-electron chi connectivity index (χ1n) is 12.8. The summed E-state index contributed by atoms with van der Waals surface area (Å²) in [6, 6.07) is 0. The van der Waals surface area contributed by atoms with Gasteiger partial charge in [-0.2, -0.15) is 8.42 Å². The molecule has 0 aromatic heterocycles. The van der Waals surface area contributed by atoms with Gasteiger partial charge in [-0.05, 0) is 12.3 Å². The minimum Gasteiger partial charge on any atom is -0.270 e. The van der Waals surface area contributed by atoms with Gasteiger partial charge in [-0.1, -0.05) is 136 Å². The molecule has 4 heteroatoms. The third-order valence-corrected chi connectivity index (χ3v) is 6.58. The number of unbranched alkanes of at least 4 members (excludes halogenated alkanes) is 14. The maximum atomic E-state index is 11.0. The van der Waals surface area contributed by atoms with Crippen LogP contribution >= 0.6 is 0 Å². The van der Waals surface area contributed by atoms with Crippen molar-refractivity contribution in [2.75, 3.05) is 12.9 Å². The molecule has 0 aromatic carbocycles. The van der Waals surface area contributed by atoms with Crippen molar-refractivity contribution in [3.05, 3.63) is 0 Å². The molecule has 0 radical (unpaired) electrons. The molecule has 0 saturated heterocycles. The Morgan fingerprint density at radius 2 is 0.897 bits per heavy atom. The van der Waals surface area contributed by atoms with Crippen LogP contribution in [0, 0.1) is 5.92 Å². The van der Waals surface area contributed by atoms with E-state index in [9.17, 15) is 8.42 Å². The molecular weight excluding hydrogens is 380 g/mol. The van der Waals surface area contributed by atoms with Crippen molar-refractivity contribution in [1.29, 1.82) is 0 Å². The highest BCUT2D eigenvalue weighted by Gasteiger charge is 2.09. The maximum Gasteiger partial charge on any atom is 0.264 e. The molecule has 0 aliphatic heterocycles. The smallest absolute Gasteiger partial charge is 0.264 e. The van der Waals surface area contributed by atoms with Crippen LogP contribution in [0.25, 0.3) is 0 Å². The Morgan fingerprint density at radius 3 is 1.31 bits per heavy atom. The van der Waals surface area contributed by atoms with Crippen LogP contribution in [-0.4, -0.2) is 21.3 Å². The summed E-state index contributed by atoms with van der Waals surface area (Å²) in [6.07, 6.45) is 28.0. The third kappa shape index (κ3) is 24.1. The Balaban J connectivity index is 3.79. The highest BCUT2D eigenvalue weighted by atomic mass is 32.2. The monoisotopic (exact) mass is 432 g/mol. The average molecular weight is 433 g/mol. The van der Waals surface area contributed by atoms with Crippen LogP contribution in [0.5, 0.6) is 0 Å². The molecule has 0 rings (SSSR count). The van der Waals surface area contributed by atoms with Crippen molar-refractivity contribution in [2.45, 2.75) is 142 Å². The lowest BCUT2D eigenvalue weighted by Gasteiger charge is -2.17. The Morgan fingerprint density at radius 1 is 0.552 bits per heavy atom. The van der Waals surface area contributed by atoms with Crippen molar-refractivity contribution in [3.63, 3.8) is 0 Å². The zero-order valence-corrected chi connectivity index (χ0v) is 20.9. The van der Waals surface area contributed by atoms with E-state index in [0.29, 0.717) is 6.61 Å². The van der Waals surface area contributed by atoms with Gasteiger partial charge in [-0.15, -0.1) is 0 Å². The molecule has 0 aliphatic carbocycles. The first-order valence-corrected chi connectivity index (χ1v) is 14.7. The van der Waals surface area contributed by atoms with Gasteiger partial charge in [0.1, 0.15) is 0 Å². The Bertz CT molecular complexity index is 420. The zero-order chi connectivity index (χ0) is 21.6. The summed E-state index contributed by atoms with van der Waals surface area (Å²) in [7, 11) is -3.27. The molecule has 3 nitrogen and oxygen atoms in total. The van der Waals surface area contributed by atoms with E-state index in [2.05, 4.69) is 13.8 Å². The first kappa shape index (κ1) is 28.9. The molecule has 0 spiro atoms. The fraction of sp³-hybridized carbons (Fsp3) is 1.00. The summed E-state index contributed by atoms with van der Waals surface area (Å²) >= 11 is 0. The van der Waals surface area contributed by atoms with E-state index in [0.717, 1.165) is 25.0 Å². The summed E-state index contributed by atoms with van der Waals surface area (Å²) in [5.74, 6) is 0.906. The molecule has 1 atom stereocenters. The molecule has 176 valence electrons. The summed E-state index contributed by atoms with van der Waals surface area (Å²) in [4.78, 5) is 0. The highest BCUT2D eigenvalue weighted by Crippen LogP contribution is 2.24. The van der Waals surface area contributed by atoms with Crippen LogP contribution in [0.1, 0.15) is 142 Å². The van der Waals surface area contributed by atoms with E-state index in [1.807, 2.05) is 0 Å². The average Bonchev–Trinajstić information content (AvgIpc) is 2.67. The molecule has 0 heterocycles. The minimum absolute atomic E-state index is 0.345. The summed E-state index contributed by atoms with van der Waals surface area (Å²) < 4.78 is 26.7. The second kappa shape index (κ2) is 21.2. The molecule has 1 unspecified atom stereocenters. The van der Waals surface area contributed by atoms with Gasteiger partial charge in [0.2, 0.25) is 0 Å². The van der Waals surface area contributed by atoms with Crippen LogP contribution in [0.4, 0.5) is 0 Å². The van der Waals surface area contributed by atoms with Crippen molar-refractivity contribution in [3.8, 4) is 0 Å². The molecule has 0 aromatic rings. The first-order chi connectivity index (χ1) is 14.0. The molecule has 0 amide bonds. The SMILES string of the molecule is CCCCCCCCCCCC(CCCCCC)CCCCCCOS(C)(=O)=O. The van der Waals surface area contributed by atoms with Crippen molar-refractivity contribution in [2.24, 2.45) is 5.92 Å². The minimum atomic E-state index is -3.27. The van der Waals surface area contributed by atoms with E-state index >= 15 is 0 Å². The van der Waals surface area contributed by atoms with Gasteiger partial charge < -0.3 is 0 Å². The van der Waals surface area contributed by atoms with Crippen LogP contribution in [0.15, 0.2) is 0 Å². The standard InChI is InChI=1S/C25H52O3S/c1-4-6-8-10-11-12-13-14-18-22-25(21-17-9-7-5-2)23-19-15-16-20-24-28-29(3,26)27/h25H,4-24H2,1-3H3. The molecule has 0 saturated carbocycles. The normalized spacial score (nSPS) is 13.1. The molecule has 29 heavy (non-hydrogen) atoms. The molecular formula is C25H52O3S. The molecule has 0 N–H and O–H groups in total. The second-order valence-corrected chi connectivity index (χ2v) is 10.7. The zero-order valence-electron chi connectivity index (χ0n) is 20.1. The summed E-state index contributed by atoms with van der Waals surface area (Å²) in [5.41, 5.74) is 0. The van der Waals surface area contributed by atoms with Crippen molar-refractivity contribution >= 4 is 10.1 Å². The highest BCUT2D eigenvalue weighted by molar-refractivity contribution is 7.85. The van der Waals surface area contributed by atoms with Crippen molar-refractivity contribution in [1.82, 2.24) is 0 Å². The third-order valence-electron chi connectivity index (χ3n) is 5.99. The maximum absolute atomic E-state index is 11.0. The van der Waals surface area contributed by atoms with Crippen LogP contribution in [0.3, 0.4) is 0 Å². The van der Waals surface area contributed by atoms with Gasteiger partial charge in [-0.25, -0.2) is 0 Å². The van der Waals surface area contributed by atoms with Crippen LogP contribution < -0.4 is 0 Å². The lowest BCUT2D eigenvalue weighted by molar-refractivity contribution is 0.307. The van der Waals surface area contributed by atoms with E-state index in [4.69, 9.17) is 4.18 Å². The van der Waals surface area contributed by atoms with Gasteiger partial charge in [-0.3, -0.25) is 4.18 Å². The fourth-order valence-electron chi connectivity index (χ4n) is 4.14. The summed E-state index contributed by atoms with van der Waals surface area (Å²) in [6.45, 7) is 4.91. The number of rotatable bonds is 23. The molecule has 0 aliphatic rings. The van der Waals surface area contributed by atoms with E-state index in [1.54, 1.807) is 0 Å². The quantitative estimate of drug-likeness (QED) is 0.120. The number of hydrogen-bond acceptors (Lipinski definition) is 3. The fourth-order valence-corrected chi connectivity index (χ4v) is 4.56. The van der Waals surface area contributed by atoms with E-state index in [-0.39, 0.29) is 0 Å². The van der Waals surface area contributed by atoms with Gasteiger partial charge >= 0.3 is 0 Å². The Labute approximate surface area is 183 Å². The predicted octanol–water partition coefficient (Wildman–Crippen LogP) is 8.42. The number of hydrogen-bond donors (Lipinski definition) is 0. The Kier molecular flexibility index (Phi) is 21.1. The van der Waals surface area contributed by atoms with Gasteiger partial charge in [0, 0.05) is 0 Å². The lowest BCUT2D eigenvalue weighted by atomic mass is 9.89. The van der Waals surface area contributed by atoms with Gasteiger partial charge in [0.25, 0.3) is 10.1 Å². The van der Waals surface area contributed by atoms with Crippen molar-refractivity contribution < 1.29 is 12.6 Å². The largest absolute Gasteiger partial charge is 0.270 e. The molecule has 0 fully saturated rings. The van der Waals surface area contributed by atoms with E-state index in [1.165, 1.54) is 116 Å². The lowest BCUT2D eigenvalue weighted by Crippen LogP contribution is -2.04. The van der Waals surface area contributed by atoms with Crippen LogP contribution in [0.2, 0.25) is 0 Å².